The molecule has 1 saturated carbocycles. The van der Waals surface area contributed by atoms with Gasteiger partial charge in [-0.05, 0) is 72.8 Å². The van der Waals surface area contributed by atoms with E-state index >= 15 is 0 Å². The first-order valence-electron chi connectivity index (χ1n) is 11.1. The van der Waals surface area contributed by atoms with Crippen LogP contribution in [0.15, 0.2) is 53.8 Å². The summed E-state index contributed by atoms with van der Waals surface area (Å²) >= 11 is 0. The van der Waals surface area contributed by atoms with Gasteiger partial charge in [-0.3, -0.25) is 0 Å². The van der Waals surface area contributed by atoms with Crippen molar-refractivity contribution in [2.24, 2.45) is 24.6 Å². The molecular weight excluding hydrogens is 457 g/mol. The maximum absolute atomic E-state index is 13.4. The average molecular weight is 482 g/mol. The minimum Gasteiger partial charge on any atom is -0.330 e. The molecule has 4 aromatic rings. The van der Waals surface area contributed by atoms with Gasteiger partial charge in [0.05, 0.1) is 23.6 Å². The van der Waals surface area contributed by atoms with Crippen molar-refractivity contribution in [1.29, 1.82) is 0 Å². The first-order chi connectivity index (χ1) is 16.3. The van der Waals surface area contributed by atoms with Gasteiger partial charge in [0.2, 0.25) is 5.03 Å². The summed E-state index contributed by atoms with van der Waals surface area (Å²) in [7, 11) is -2.14. The molecule has 34 heavy (non-hydrogen) atoms. The Morgan fingerprint density at radius 3 is 2.62 bits per heavy atom. The third-order valence-corrected chi connectivity index (χ3v) is 9.14. The SMILES string of the molecule is Cc1cc2c(cnn2-c2ccc(F)cc2)cc1C12CN(S(=O)(=O)c3cnn(C)n3)CC1C2CN. The Kier molecular flexibility index (Phi) is 4.51. The number of aryl methyl sites for hydroxylation is 2. The number of piperidine rings is 1. The van der Waals surface area contributed by atoms with Crippen LogP contribution >= 0.6 is 0 Å². The lowest BCUT2D eigenvalue weighted by atomic mass is 9.88. The molecule has 3 heterocycles. The van der Waals surface area contributed by atoms with Gasteiger partial charge in [0, 0.05) is 30.9 Å². The first-order valence-corrected chi connectivity index (χ1v) is 12.5. The fraction of sp³-hybridized carbons (Fsp3) is 0.348. The Morgan fingerprint density at radius 1 is 1.18 bits per heavy atom. The number of rotatable bonds is 5. The van der Waals surface area contributed by atoms with E-state index in [9.17, 15) is 12.8 Å². The second-order valence-corrected chi connectivity index (χ2v) is 11.1. The second-order valence-electron chi connectivity index (χ2n) is 9.22. The van der Waals surface area contributed by atoms with Crippen LogP contribution in [0, 0.1) is 24.6 Å². The van der Waals surface area contributed by atoms with Crippen molar-refractivity contribution >= 4 is 20.9 Å². The third-order valence-electron chi connectivity index (χ3n) is 7.46. The molecule has 0 amide bonds. The number of nitrogens with two attached hydrogens (primary N) is 1. The fourth-order valence-electron chi connectivity index (χ4n) is 5.79. The maximum atomic E-state index is 13.4. The normalized spacial score (nSPS) is 24.6. The Bertz CT molecular complexity index is 1530. The molecule has 176 valence electrons. The molecule has 2 N–H and O–H groups in total. The highest BCUT2D eigenvalue weighted by molar-refractivity contribution is 7.89. The Morgan fingerprint density at radius 2 is 1.94 bits per heavy atom. The number of sulfonamides is 1. The van der Waals surface area contributed by atoms with Crippen molar-refractivity contribution in [2.45, 2.75) is 17.4 Å². The lowest BCUT2D eigenvalue weighted by Gasteiger charge is -2.24. The van der Waals surface area contributed by atoms with E-state index in [0.29, 0.717) is 19.6 Å². The van der Waals surface area contributed by atoms with Crippen LogP contribution in [0.4, 0.5) is 4.39 Å². The minimum atomic E-state index is -3.74. The van der Waals surface area contributed by atoms with Crippen LogP contribution in [0.5, 0.6) is 0 Å². The first kappa shape index (κ1) is 21.4. The summed E-state index contributed by atoms with van der Waals surface area (Å²) in [6.45, 7) is 3.30. The van der Waals surface area contributed by atoms with Gasteiger partial charge in [0.15, 0.2) is 0 Å². The summed E-state index contributed by atoms with van der Waals surface area (Å²) in [4.78, 5) is 1.25. The smallest absolute Gasteiger partial charge is 0.264 e. The summed E-state index contributed by atoms with van der Waals surface area (Å²) < 4.78 is 43.1. The summed E-state index contributed by atoms with van der Waals surface area (Å²) in [6.07, 6.45) is 3.07. The van der Waals surface area contributed by atoms with Crippen LogP contribution in [-0.4, -0.2) is 57.1 Å². The van der Waals surface area contributed by atoms with E-state index in [-0.39, 0.29) is 28.1 Å². The van der Waals surface area contributed by atoms with Crippen LogP contribution < -0.4 is 5.73 Å². The average Bonchev–Trinajstić information content (AvgIpc) is 3.26. The van der Waals surface area contributed by atoms with Gasteiger partial charge in [-0.2, -0.15) is 19.3 Å². The number of hydrogen-bond donors (Lipinski definition) is 1. The molecule has 1 aliphatic carbocycles. The van der Waals surface area contributed by atoms with Crippen LogP contribution in [0.25, 0.3) is 16.6 Å². The largest absolute Gasteiger partial charge is 0.330 e. The van der Waals surface area contributed by atoms with Crippen molar-refractivity contribution in [1.82, 2.24) is 29.1 Å². The molecule has 1 saturated heterocycles. The van der Waals surface area contributed by atoms with Crippen LogP contribution in [0.2, 0.25) is 0 Å². The molecule has 0 spiro atoms. The number of nitrogens with zero attached hydrogens (tertiary/aromatic N) is 6. The highest BCUT2D eigenvalue weighted by Gasteiger charge is 2.70. The van der Waals surface area contributed by atoms with Crippen LogP contribution in [0.3, 0.4) is 0 Å². The quantitative estimate of drug-likeness (QED) is 0.465. The fourth-order valence-corrected chi connectivity index (χ4v) is 7.20. The number of halogens is 1. The van der Waals surface area contributed by atoms with E-state index < -0.39 is 10.0 Å². The standard InChI is InChI=1S/C23H24FN7O2S/c1-14-7-21-15(10-27-31(21)17-5-3-16(24)4-6-17)8-18(14)23-13-30(12-20(23)19(23)9-25)34(32,33)22-11-26-29(2)28-22/h3-8,10-11,19-20H,9,12-13,25H2,1-2H3. The maximum Gasteiger partial charge on any atom is 0.264 e. The van der Waals surface area contributed by atoms with Gasteiger partial charge >= 0.3 is 0 Å². The predicted molar refractivity (Wildman–Crippen MR) is 123 cm³/mol. The van der Waals surface area contributed by atoms with Crippen LogP contribution in [0.1, 0.15) is 11.1 Å². The van der Waals surface area contributed by atoms with Gasteiger partial charge in [0.25, 0.3) is 10.0 Å². The zero-order chi connectivity index (χ0) is 23.8. The Hall–Kier alpha value is -3.15. The van der Waals surface area contributed by atoms with E-state index in [1.54, 1.807) is 30.1 Å². The molecular formula is C23H24FN7O2S. The monoisotopic (exact) mass is 481 g/mol. The molecule has 2 fully saturated rings. The Balaban J connectivity index is 1.40. The molecule has 6 rings (SSSR count). The molecule has 3 atom stereocenters. The summed E-state index contributed by atoms with van der Waals surface area (Å²) in [5.41, 5.74) is 9.64. The predicted octanol–water partition coefficient (Wildman–Crippen LogP) is 1.75. The van der Waals surface area contributed by atoms with Gasteiger partial charge in [-0.25, -0.2) is 17.5 Å². The second kappa shape index (κ2) is 7.17. The number of fused-ring (bicyclic) bond motifs is 2. The van der Waals surface area contributed by atoms with Gasteiger partial charge in [0.1, 0.15) is 5.82 Å². The van der Waals surface area contributed by atoms with E-state index in [4.69, 9.17) is 5.73 Å². The van der Waals surface area contributed by atoms with Crippen molar-refractivity contribution in [3.63, 3.8) is 0 Å². The van der Waals surface area contributed by atoms with Crippen molar-refractivity contribution in [3.05, 3.63) is 65.7 Å². The van der Waals surface area contributed by atoms with Crippen LogP contribution in [-0.2, 0) is 22.5 Å². The highest BCUT2D eigenvalue weighted by Crippen LogP contribution is 2.65. The zero-order valence-electron chi connectivity index (χ0n) is 18.8. The van der Waals surface area contributed by atoms with Gasteiger partial charge in [-0.1, -0.05) is 0 Å². The lowest BCUT2D eigenvalue weighted by molar-refractivity contribution is 0.398. The summed E-state index contributed by atoms with van der Waals surface area (Å²) in [5.74, 6) is 0.0592. The van der Waals surface area contributed by atoms with Gasteiger partial charge in [-0.15, -0.1) is 5.10 Å². The summed E-state index contributed by atoms with van der Waals surface area (Å²) in [6, 6.07) is 10.4. The number of aromatic nitrogens is 5. The molecule has 9 nitrogen and oxygen atoms in total. The van der Waals surface area contributed by atoms with Crippen molar-refractivity contribution in [3.8, 4) is 5.69 Å². The zero-order valence-corrected chi connectivity index (χ0v) is 19.6. The minimum absolute atomic E-state index is 0.0384. The molecule has 0 bridgehead atoms. The highest BCUT2D eigenvalue weighted by atomic mass is 32.2. The molecule has 0 radical (unpaired) electrons. The number of benzene rings is 2. The molecule has 2 aliphatic rings. The molecule has 3 unspecified atom stereocenters. The van der Waals surface area contributed by atoms with E-state index in [1.807, 2.05) is 6.92 Å². The van der Waals surface area contributed by atoms with Gasteiger partial charge < -0.3 is 5.73 Å². The molecule has 11 heteroatoms. The molecule has 2 aromatic heterocycles. The third kappa shape index (κ3) is 2.90. The van der Waals surface area contributed by atoms with E-state index in [0.717, 1.165) is 27.7 Å². The topological polar surface area (TPSA) is 112 Å². The lowest BCUT2D eigenvalue weighted by Crippen LogP contribution is -2.36. The Labute approximate surface area is 196 Å². The van der Waals surface area contributed by atoms with E-state index in [1.165, 1.54) is 27.4 Å². The summed E-state index contributed by atoms with van der Waals surface area (Å²) in [5, 5.41) is 13.4. The molecule has 2 aromatic carbocycles. The molecule has 1 aliphatic heterocycles. The van der Waals surface area contributed by atoms with Crippen molar-refractivity contribution < 1.29 is 12.8 Å². The van der Waals surface area contributed by atoms with Crippen molar-refractivity contribution in [2.75, 3.05) is 19.6 Å². The van der Waals surface area contributed by atoms with E-state index in [2.05, 4.69) is 27.4 Å². The number of hydrogen-bond acceptors (Lipinski definition) is 6.